The van der Waals surface area contributed by atoms with Crippen LogP contribution in [0.1, 0.15) is 16.8 Å². The van der Waals surface area contributed by atoms with Crippen LogP contribution < -0.4 is 0 Å². The number of nitrogens with zero attached hydrogens (tertiary/aromatic N) is 1. The van der Waals surface area contributed by atoms with Crippen molar-refractivity contribution >= 4 is 23.1 Å². The maximum Gasteiger partial charge on any atom is 0.416 e. The van der Waals surface area contributed by atoms with Crippen LogP contribution in [0.5, 0.6) is 0 Å². The lowest BCUT2D eigenvalue weighted by atomic mass is 10.1. The molecule has 1 nitrogen and oxygen atoms in total. The second kappa shape index (κ2) is 6.99. The Hall–Kier alpha value is -1.79. The Labute approximate surface area is 146 Å². The number of aromatic nitrogens is 1. The summed E-state index contributed by atoms with van der Waals surface area (Å²) in [6.45, 7) is 2.07. The fourth-order valence-electron chi connectivity index (χ4n) is 2.18. The lowest BCUT2D eigenvalue weighted by Gasteiger charge is -2.06. The molecule has 0 radical (unpaired) electrons. The number of thioether (sulfide) groups is 1. The Morgan fingerprint density at radius 3 is 2.42 bits per heavy atom. The molecule has 6 heteroatoms. The van der Waals surface area contributed by atoms with Gasteiger partial charge in [-0.25, -0.2) is 4.98 Å². The van der Waals surface area contributed by atoms with Crippen LogP contribution in [0.4, 0.5) is 13.2 Å². The first-order valence-corrected chi connectivity index (χ1v) is 9.10. The molecule has 0 bridgehead atoms. The largest absolute Gasteiger partial charge is 0.416 e. The second-order valence-electron chi connectivity index (χ2n) is 5.27. The van der Waals surface area contributed by atoms with Gasteiger partial charge >= 0.3 is 6.18 Å². The van der Waals surface area contributed by atoms with Crippen molar-refractivity contribution in [2.75, 3.05) is 0 Å². The number of halogens is 3. The Morgan fingerprint density at radius 2 is 1.75 bits per heavy atom. The lowest BCUT2D eigenvalue weighted by Crippen LogP contribution is -2.03. The van der Waals surface area contributed by atoms with Gasteiger partial charge in [-0.05, 0) is 30.7 Å². The van der Waals surface area contributed by atoms with E-state index in [9.17, 15) is 13.2 Å². The van der Waals surface area contributed by atoms with Gasteiger partial charge in [-0.15, -0.1) is 23.1 Å². The van der Waals surface area contributed by atoms with E-state index < -0.39 is 11.7 Å². The third kappa shape index (κ3) is 3.99. The van der Waals surface area contributed by atoms with E-state index in [0.717, 1.165) is 28.6 Å². The van der Waals surface area contributed by atoms with Crippen LogP contribution in [0.25, 0.3) is 10.6 Å². The number of thiazole rings is 1. The first-order valence-electron chi connectivity index (χ1n) is 7.24. The molecule has 124 valence electrons. The topological polar surface area (TPSA) is 12.9 Å². The summed E-state index contributed by atoms with van der Waals surface area (Å²) < 4.78 is 37.8. The third-order valence-electron chi connectivity index (χ3n) is 3.48. The number of alkyl halides is 3. The smallest absolute Gasteiger partial charge is 0.240 e. The zero-order chi connectivity index (χ0) is 17.2. The molecule has 0 aliphatic rings. The van der Waals surface area contributed by atoms with Crippen LogP contribution in [0.2, 0.25) is 0 Å². The first-order chi connectivity index (χ1) is 11.4. The molecule has 24 heavy (non-hydrogen) atoms. The van der Waals surface area contributed by atoms with Gasteiger partial charge < -0.3 is 0 Å². The van der Waals surface area contributed by atoms with Crippen molar-refractivity contribution in [3.8, 4) is 10.6 Å². The van der Waals surface area contributed by atoms with E-state index in [2.05, 4.69) is 24.0 Å². The summed E-state index contributed by atoms with van der Waals surface area (Å²) in [5.41, 5.74) is 2.22. The van der Waals surface area contributed by atoms with Gasteiger partial charge in [0.25, 0.3) is 0 Å². The van der Waals surface area contributed by atoms with Gasteiger partial charge in [-0.2, -0.15) is 13.2 Å². The van der Waals surface area contributed by atoms with Gasteiger partial charge in [0.2, 0.25) is 0 Å². The summed E-state index contributed by atoms with van der Waals surface area (Å²) in [6.07, 6.45) is -4.31. The quantitative estimate of drug-likeness (QED) is 0.494. The lowest BCUT2D eigenvalue weighted by molar-refractivity contribution is -0.137. The molecule has 1 aromatic heterocycles. The van der Waals surface area contributed by atoms with Crippen LogP contribution in [0, 0.1) is 6.92 Å². The number of benzene rings is 2. The normalized spacial score (nSPS) is 11.7. The fourth-order valence-corrected chi connectivity index (χ4v) is 4.03. The zero-order valence-electron chi connectivity index (χ0n) is 12.8. The molecule has 0 spiro atoms. The highest BCUT2D eigenvalue weighted by molar-refractivity contribution is 7.98. The van der Waals surface area contributed by atoms with E-state index in [4.69, 9.17) is 0 Å². The average Bonchev–Trinajstić information content (AvgIpc) is 3.02. The summed E-state index contributed by atoms with van der Waals surface area (Å²) in [7, 11) is 0. The highest BCUT2D eigenvalue weighted by Crippen LogP contribution is 2.33. The number of rotatable bonds is 4. The predicted octanol–water partition coefficient (Wildman–Crippen LogP) is 6.43. The molecule has 2 aromatic carbocycles. The van der Waals surface area contributed by atoms with Crippen molar-refractivity contribution in [2.24, 2.45) is 0 Å². The van der Waals surface area contributed by atoms with E-state index in [1.165, 1.54) is 33.9 Å². The van der Waals surface area contributed by atoms with E-state index in [1.54, 1.807) is 11.8 Å². The third-order valence-corrected chi connectivity index (χ3v) is 5.63. The van der Waals surface area contributed by atoms with Crippen molar-refractivity contribution in [1.82, 2.24) is 4.98 Å². The van der Waals surface area contributed by atoms with Gasteiger partial charge in [0.1, 0.15) is 5.01 Å². The van der Waals surface area contributed by atoms with E-state index in [0.29, 0.717) is 5.56 Å². The van der Waals surface area contributed by atoms with Gasteiger partial charge in [0.05, 0.1) is 11.3 Å². The predicted molar refractivity (Wildman–Crippen MR) is 93.3 cm³/mol. The van der Waals surface area contributed by atoms with Crippen molar-refractivity contribution in [2.45, 2.75) is 23.7 Å². The Morgan fingerprint density at radius 1 is 1.04 bits per heavy atom. The molecular formula is C18H14F3NS2. The van der Waals surface area contributed by atoms with Crippen LogP contribution in [-0.4, -0.2) is 4.98 Å². The molecule has 0 amide bonds. The molecular weight excluding hydrogens is 351 g/mol. The van der Waals surface area contributed by atoms with E-state index in [1.807, 2.05) is 17.5 Å². The summed E-state index contributed by atoms with van der Waals surface area (Å²) in [5, 5.41) is 2.70. The van der Waals surface area contributed by atoms with Gasteiger partial charge in [0.15, 0.2) is 0 Å². The average molecular weight is 365 g/mol. The highest BCUT2D eigenvalue weighted by Gasteiger charge is 2.30. The molecule has 0 saturated heterocycles. The summed E-state index contributed by atoms with van der Waals surface area (Å²) in [6, 6.07) is 13.3. The molecule has 0 saturated carbocycles. The minimum Gasteiger partial charge on any atom is -0.240 e. The zero-order valence-corrected chi connectivity index (χ0v) is 14.4. The molecule has 0 fully saturated rings. The molecule has 0 atom stereocenters. The van der Waals surface area contributed by atoms with Crippen molar-refractivity contribution in [3.63, 3.8) is 0 Å². The summed E-state index contributed by atoms with van der Waals surface area (Å²) in [4.78, 5) is 5.74. The molecule has 0 aliphatic carbocycles. The van der Waals surface area contributed by atoms with Crippen LogP contribution in [0.3, 0.4) is 0 Å². The van der Waals surface area contributed by atoms with Gasteiger partial charge in [-0.1, -0.05) is 30.3 Å². The van der Waals surface area contributed by atoms with Crippen LogP contribution >= 0.6 is 23.1 Å². The van der Waals surface area contributed by atoms with Crippen molar-refractivity contribution in [3.05, 3.63) is 70.7 Å². The Balaban J connectivity index is 1.70. The molecule has 3 aromatic rings. The first kappa shape index (κ1) is 17.0. The second-order valence-corrected chi connectivity index (χ2v) is 7.15. The minimum atomic E-state index is -4.31. The van der Waals surface area contributed by atoms with Gasteiger partial charge in [-0.3, -0.25) is 0 Å². The monoisotopic (exact) mass is 365 g/mol. The number of aryl methyl sites for hydroxylation is 1. The van der Waals surface area contributed by atoms with E-state index >= 15 is 0 Å². The summed E-state index contributed by atoms with van der Waals surface area (Å²) >= 11 is 3.16. The molecule has 1 heterocycles. The standard InChI is InChI=1S/C18H14F3NS2/c1-12-4-2-3-5-16(12)23-10-15-11-24-17(22-15)13-6-8-14(9-7-13)18(19,20)21/h2-9,11H,10H2,1H3. The van der Waals surface area contributed by atoms with Crippen molar-refractivity contribution < 1.29 is 13.2 Å². The summed E-state index contributed by atoms with van der Waals surface area (Å²) in [5.74, 6) is 0.738. The molecule has 3 rings (SSSR count). The number of hydrogen-bond acceptors (Lipinski definition) is 3. The maximum absolute atomic E-state index is 12.6. The molecule has 0 unspecified atom stereocenters. The minimum absolute atomic E-state index is 0.641. The van der Waals surface area contributed by atoms with Gasteiger partial charge in [0, 0.05) is 21.6 Å². The Kier molecular flexibility index (Phi) is 4.96. The fraction of sp³-hybridized carbons (Fsp3) is 0.167. The molecule has 0 aliphatic heterocycles. The van der Waals surface area contributed by atoms with E-state index in [-0.39, 0.29) is 0 Å². The Bertz CT molecular complexity index is 823. The van der Waals surface area contributed by atoms with Crippen molar-refractivity contribution in [1.29, 1.82) is 0 Å². The van der Waals surface area contributed by atoms with Crippen LogP contribution in [-0.2, 0) is 11.9 Å². The SMILES string of the molecule is Cc1ccccc1SCc1csc(-c2ccc(C(F)(F)F)cc2)n1. The number of hydrogen-bond donors (Lipinski definition) is 0. The highest BCUT2D eigenvalue weighted by atomic mass is 32.2. The molecule has 0 N–H and O–H groups in total. The maximum atomic E-state index is 12.6. The van der Waals surface area contributed by atoms with Crippen LogP contribution in [0.15, 0.2) is 58.8 Å².